The van der Waals surface area contributed by atoms with Gasteiger partial charge in [-0.1, -0.05) is 11.6 Å². The molecular formula is C15H15ClFNO2. The van der Waals surface area contributed by atoms with E-state index in [-0.39, 0.29) is 12.4 Å². The Morgan fingerprint density at radius 3 is 2.40 bits per heavy atom. The maximum Gasteiger partial charge on any atom is 0.123 e. The first kappa shape index (κ1) is 14.6. The van der Waals surface area contributed by atoms with Gasteiger partial charge in [-0.2, -0.15) is 0 Å². The van der Waals surface area contributed by atoms with Crippen molar-refractivity contribution >= 4 is 17.3 Å². The van der Waals surface area contributed by atoms with E-state index in [4.69, 9.17) is 16.3 Å². The van der Waals surface area contributed by atoms with Crippen molar-refractivity contribution in [2.75, 3.05) is 18.5 Å². The lowest BCUT2D eigenvalue weighted by atomic mass is 10.3. The van der Waals surface area contributed by atoms with Crippen LogP contribution in [0, 0.1) is 5.82 Å². The lowest BCUT2D eigenvalue weighted by molar-refractivity contribution is 0.117. The number of rotatable bonds is 6. The van der Waals surface area contributed by atoms with Crippen molar-refractivity contribution in [2.24, 2.45) is 0 Å². The van der Waals surface area contributed by atoms with E-state index in [1.807, 2.05) is 0 Å². The average molecular weight is 296 g/mol. The highest BCUT2D eigenvalue weighted by Gasteiger charge is 2.05. The molecule has 0 bridgehead atoms. The predicted octanol–water partition coefficient (Wildman–Crippen LogP) is 3.33. The molecule has 0 heterocycles. The minimum Gasteiger partial charge on any atom is -0.491 e. The maximum absolute atomic E-state index is 12.7. The molecule has 0 saturated heterocycles. The summed E-state index contributed by atoms with van der Waals surface area (Å²) >= 11 is 5.76. The van der Waals surface area contributed by atoms with Crippen molar-refractivity contribution in [1.29, 1.82) is 0 Å². The first-order valence-electron chi connectivity index (χ1n) is 6.19. The van der Waals surface area contributed by atoms with Gasteiger partial charge in [0.05, 0.1) is 0 Å². The first-order valence-corrected chi connectivity index (χ1v) is 6.57. The van der Waals surface area contributed by atoms with E-state index in [1.165, 1.54) is 12.1 Å². The topological polar surface area (TPSA) is 41.5 Å². The Labute approximate surface area is 122 Å². The SMILES string of the molecule is OC(CNc1ccc(F)cc1)COc1ccc(Cl)cc1. The van der Waals surface area contributed by atoms with E-state index in [0.717, 1.165) is 5.69 Å². The molecule has 5 heteroatoms. The van der Waals surface area contributed by atoms with E-state index in [0.29, 0.717) is 17.3 Å². The second kappa shape index (κ2) is 7.12. The molecule has 1 unspecified atom stereocenters. The van der Waals surface area contributed by atoms with Crippen LogP contribution in [0.4, 0.5) is 10.1 Å². The van der Waals surface area contributed by atoms with Crippen LogP contribution in [0.25, 0.3) is 0 Å². The second-order valence-electron chi connectivity index (χ2n) is 4.31. The maximum atomic E-state index is 12.7. The molecule has 0 spiro atoms. The molecular weight excluding hydrogens is 281 g/mol. The van der Waals surface area contributed by atoms with E-state index >= 15 is 0 Å². The summed E-state index contributed by atoms with van der Waals surface area (Å²) in [5.74, 6) is 0.359. The molecule has 2 N–H and O–H groups in total. The van der Waals surface area contributed by atoms with Crippen LogP contribution in [0.3, 0.4) is 0 Å². The van der Waals surface area contributed by atoms with E-state index in [1.54, 1.807) is 36.4 Å². The Kier molecular flexibility index (Phi) is 5.21. The minimum absolute atomic E-state index is 0.163. The fraction of sp³-hybridized carbons (Fsp3) is 0.200. The van der Waals surface area contributed by atoms with Crippen LogP contribution in [0.5, 0.6) is 5.75 Å². The number of ether oxygens (including phenoxy) is 1. The van der Waals surface area contributed by atoms with E-state index < -0.39 is 6.10 Å². The minimum atomic E-state index is -0.671. The smallest absolute Gasteiger partial charge is 0.123 e. The van der Waals surface area contributed by atoms with Crippen LogP contribution in [0.1, 0.15) is 0 Å². The Hall–Kier alpha value is -1.78. The van der Waals surface area contributed by atoms with Gasteiger partial charge in [-0.05, 0) is 48.5 Å². The summed E-state index contributed by atoms with van der Waals surface area (Å²) in [5, 5.41) is 13.4. The van der Waals surface area contributed by atoms with Crippen LogP contribution in [0.2, 0.25) is 5.02 Å². The highest BCUT2D eigenvalue weighted by atomic mass is 35.5. The number of benzene rings is 2. The average Bonchev–Trinajstić information content (AvgIpc) is 2.46. The quantitative estimate of drug-likeness (QED) is 0.859. The van der Waals surface area contributed by atoms with Crippen LogP contribution in [-0.2, 0) is 0 Å². The molecule has 106 valence electrons. The molecule has 3 nitrogen and oxygen atoms in total. The first-order chi connectivity index (χ1) is 9.63. The number of aliphatic hydroxyl groups is 1. The number of nitrogens with one attached hydrogen (secondary N) is 1. The molecule has 0 radical (unpaired) electrons. The highest BCUT2D eigenvalue weighted by molar-refractivity contribution is 6.30. The normalized spacial score (nSPS) is 11.9. The number of halogens is 2. The van der Waals surface area contributed by atoms with Gasteiger partial charge in [0.2, 0.25) is 0 Å². The third-order valence-corrected chi connectivity index (χ3v) is 2.89. The largest absolute Gasteiger partial charge is 0.491 e. The number of hydrogen-bond acceptors (Lipinski definition) is 3. The summed E-state index contributed by atoms with van der Waals surface area (Å²) in [6.07, 6.45) is -0.671. The van der Waals surface area contributed by atoms with Crippen LogP contribution >= 0.6 is 11.6 Å². The van der Waals surface area contributed by atoms with Gasteiger partial charge < -0.3 is 15.2 Å². The summed E-state index contributed by atoms with van der Waals surface area (Å²) < 4.78 is 18.1. The number of aliphatic hydroxyl groups excluding tert-OH is 1. The summed E-state index contributed by atoms with van der Waals surface area (Å²) in [4.78, 5) is 0. The highest BCUT2D eigenvalue weighted by Crippen LogP contribution is 2.15. The van der Waals surface area contributed by atoms with Crippen molar-refractivity contribution in [3.8, 4) is 5.75 Å². The van der Waals surface area contributed by atoms with Crippen molar-refractivity contribution in [1.82, 2.24) is 0 Å². The van der Waals surface area contributed by atoms with Gasteiger partial charge in [0.15, 0.2) is 0 Å². The standard InChI is InChI=1S/C15H15ClFNO2/c16-11-1-7-15(8-2-11)20-10-14(19)9-18-13-5-3-12(17)4-6-13/h1-8,14,18-19H,9-10H2. The Balaban J connectivity index is 1.73. The summed E-state index contributed by atoms with van der Waals surface area (Å²) in [5.41, 5.74) is 0.747. The molecule has 0 aromatic heterocycles. The summed E-state index contributed by atoms with van der Waals surface area (Å²) in [7, 11) is 0. The number of anilines is 1. The van der Waals surface area contributed by atoms with Gasteiger partial charge in [0, 0.05) is 17.3 Å². The lowest BCUT2D eigenvalue weighted by Crippen LogP contribution is -2.26. The van der Waals surface area contributed by atoms with Gasteiger partial charge in [-0.15, -0.1) is 0 Å². The molecule has 2 rings (SSSR count). The third-order valence-electron chi connectivity index (χ3n) is 2.64. The molecule has 0 fully saturated rings. The molecule has 0 amide bonds. The molecule has 0 aliphatic carbocycles. The predicted molar refractivity (Wildman–Crippen MR) is 77.8 cm³/mol. The van der Waals surface area contributed by atoms with Crippen molar-refractivity contribution < 1.29 is 14.2 Å². The molecule has 0 aliphatic rings. The van der Waals surface area contributed by atoms with Gasteiger partial charge >= 0.3 is 0 Å². The zero-order chi connectivity index (χ0) is 14.4. The molecule has 0 saturated carbocycles. The summed E-state index contributed by atoms with van der Waals surface area (Å²) in [6.45, 7) is 0.481. The molecule has 20 heavy (non-hydrogen) atoms. The second-order valence-corrected chi connectivity index (χ2v) is 4.74. The Morgan fingerprint density at radius 2 is 1.75 bits per heavy atom. The van der Waals surface area contributed by atoms with Crippen molar-refractivity contribution in [3.63, 3.8) is 0 Å². The van der Waals surface area contributed by atoms with Crippen molar-refractivity contribution in [2.45, 2.75) is 6.10 Å². The van der Waals surface area contributed by atoms with Gasteiger partial charge in [0.1, 0.15) is 24.3 Å². The molecule has 1 atom stereocenters. The Bertz CT molecular complexity index is 481. The van der Waals surface area contributed by atoms with Crippen molar-refractivity contribution in [3.05, 3.63) is 59.4 Å². The van der Waals surface area contributed by atoms with E-state index in [2.05, 4.69) is 5.32 Å². The van der Waals surface area contributed by atoms with Gasteiger partial charge in [-0.25, -0.2) is 4.39 Å². The lowest BCUT2D eigenvalue weighted by Gasteiger charge is -2.14. The zero-order valence-electron chi connectivity index (χ0n) is 10.7. The Morgan fingerprint density at radius 1 is 1.10 bits per heavy atom. The van der Waals surface area contributed by atoms with E-state index in [9.17, 15) is 9.50 Å². The molecule has 2 aromatic carbocycles. The van der Waals surface area contributed by atoms with Crippen LogP contribution < -0.4 is 10.1 Å². The van der Waals surface area contributed by atoms with Gasteiger partial charge in [-0.3, -0.25) is 0 Å². The van der Waals surface area contributed by atoms with Gasteiger partial charge in [0.25, 0.3) is 0 Å². The zero-order valence-corrected chi connectivity index (χ0v) is 11.5. The van der Waals surface area contributed by atoms with Crippen LogP contribution in [-0.4, -0.2) is 24.4 Å². The fourth-order valence-corrected chi connectivity index (χ4v) is 1.71. The summed E-state index contributed by atoms with van der Waals surface area (Å²) in [6, 6.07) is 12.9. The monoisotopic (exact) mass is 295 g/mol. The van der Waals surface area contributed by atoms with Crippen LogP contribution in [0.15, 0.2) is 48.5 Å². The number of hydrogen-bond donors (Lipinski definition) is 2. The molecule has 0 aliphatic heterocycles. The fourth-order valence-electron chi connectivity index (χ4n) is 1.59. The third kappa shape index (κ3) is 4.72. The molecule has 2 aromatic rings.